The van der Waals surface area contributed by atoms with Crippen molar-refractivity contribution < 1.29 is 28.6 Å². The summed E-state index contributed by atoms with van der Waals surface area (Å²) >= 11 is 1.59. The number of hydrogen-bond acceptors (Lipinski definition) is 7. The van der Waals surface area contributed by atoms with Crippen LogP contribution in [-0.2, 0) is 20.7 Å². The van der Waals surface area contributed by atoms with Crippen LogP contribution in [0.1, 0.15) is 4.88 Å². The van der Waals surface area contributed by atoms with Crippen molar-refractivity contribution in [2.75, 3.05) is 26.9 Å². The van der Waals surface area contributed by atoms with E-state index >= 15 is 0 Å². The van der Waals surface area contributed by atoms with Crippen LogP contribution in [0.15, 0.2) is 41.8 Å². The van der Waals surface area contributed by atoms with E-state index in [0.29, 0.717) is 24.5 Å². The molecule has 0 radical (unpaired) electrons. The van der Waals surface area contributed by atoms with Gasteiger partial charge in [0.05, 0.1) is 7.11 Å². The van der Waals surface area contributed by atoms with Gasteiger partial charge < -0.3 is 19.5 Å². The lowest BCUT2D eigenvalue weighted by Crippen LogP contribution is -2.42. The monoisotopic (exact) mass is 392 g/mol. The Bertz CT molecular complexity index is 763. The van der Waals surface area contributed by atoms with Crippen LogP contribution >= 0.6 is 11.3 Å². The Morgan fingerprint density at radius 3 is 2.52 bits per heavy atom. The highest BCUT2D eigenvalue weighted by Crippen LogP contribution is 2.25. The molecule has 1 heterocycles. The van der Waals surface area contributed by atoms with Crippen molar-refractivity contribution in [3.05, 3.63) is 46.7 Å². The molecule has 0 bridgehead atoms. The molecule has 2 aromatic rings. The molecular formula is C18H20N2O6S. The number of para-hydroxylation sites is 2. The smallest absolute Gasteiger partial charge is 0.344 e. The second kappa shape index (κ2) is 10.8. The molecule has 0 saturated heterocycles. The minimum Gasteiger partial charge on any atom is -0.493 e. The molecule has 2 N–H and O–H groups in total. The molecule has 0 spiro atoms. The van der Waals surface area contributed by atoms with Crippen LogP contribution in [0.4, 0.5) is 4.79 Å². The Morgan fingerprint density at radius 2 is 1.81 bits per heavy atom. The molecule has 0 aliphatic carbocycles. The largest absolute Gasteiger partial charge is 0.493 e. The van der Waals surface area contributed by atoms with Gasteiger partial charge in [-0.3, -0.25) is 10.1 Å². The molecule has 1 aromatic heterocycles. The fourth-order valence-corrected chi connectivity index (χ4v) is 2.73. The molecule has 0 atom stereocenters. The van der Waals surface area contributed by atoms with Gasteiger partial charge in [0, 0.05) is 11.4 Å². The number of carbonyl (C=O) groups is 3. The number of esters is 1. The van der Waals surface area contributed by atoms with Crippen molar-refractivity contribution in [3.63, 3.8) is 0 Å². The second-order valence-corrected chi connectivity index (χ2v) is 6.27. The van der Waals surface area contributed by atoms with Gasteiger partial charge in [0.2, 0.25) is 0 Å². The molecule has 3 amide bonds. The zero-order valence-corrected chi connectivity index (χ0v) is 15.5. The first-order valence-electron chi connectivity index (χ1n) is 8.10. The average Bonchev–Trinajstić information content (AvgIpc) is 3.18. The summed E-state index contributed by atoms with van der Waals surface area (Å²) in [6, 6.07) is 10.1. The SMILES string of the molecule is COc1ccccc1OCC(=O)OCC(=O)NC(=O)NCCc1cccs1. The quantitative estimate of drug-likeness (QED) is 0.630. The predicted octanol–water partition coefficient (Wildman–Crippen LogP) is 1.75. The minimum atomic E-state index is -0.742. The van der Waals surface area contributed by atoms with Crippen LogP contribution in [-0.4, -0.2) is 44.8 Å². The number of nitrogens with one attached hydrogen (secondary N) is 2. The third-order valence-corrected chi connectivity index (χ3v) is 4.21. The van der Waals surface area contributed by atoms with Gasteiger partial charge in [-0.15, -0.1) is 11.3 Å². The van der Waals surface area contributed by atoms with Crippen molar-refractivity contribution in [3.8, 4) is 11.5 Å². The summed E-state index contributed by atoms with van der Waals surface area (Å²) in [5.74, 6) is -0.614. The molecule has 0 unspecified atom stereocenters. The summed E-state index contributed by atoms with van der Waals surface area (Å²) in [5, 5.41) is 6.59. The van der Waals surface area contributed by atoms with Crippen LogP contribution in [0.2, 0.25) is 0 Å². The van der Waals surface area contributed by atoms with Crippen molar-refractivity contribution in [2.45, 2.75) is 6.42 Å². The molecule has 0 saturated carbocycles. The van der Waals surface area contributed by atoms with Crippen LogP contribution in [0.3, 0.4) is 0 Å². The zero-order chi connectivity index (χ0) is 19.5. The third kappa shape index (κ3) is 7.37. The van der Waals surface area contributed by atoms with Crippen LogP contribution in [0.5, 0.6) is 11.5 Å². The third-order valence-electron chi connectivity index (χ3n) is 3.27. The maximum Gasteiger partial charge on any atom is 0.344 e. The van der Waals surface area contributed by atoms with E-state index in [1.54, 1.807) is 35.6 Å². The highest BCUT2D eigenvalue weighted by Gasteiger charge is 2.12. The number of thiophene rings is 1. The summed E-state index contributed by atoms with van der Waals surface area (Å²) in [6.45, 7) is -0.570. The molecule has 27 heavy (non-hydrogen) atoms. The highest BCUT2D eigenvalue weighted by atomic mass is 32.1. The fourth-order valence-electron chi connectivity index (χ4n) is 2.02. The molecule has 1 aromatic carbocycles. The number of ether oxygens (including phenoxy) is 3. The van der Waals surface area contributed by atoms with Crippen LogP contribution in [0.25, 0.3) is 0 Å². The first-order valence-corrected chi connectivity index (χ1v) is 8.98. The summed E-state index contributed by atoms with van der Waals surface area (Å²) in [7, 11) is 1.48. The van der Waals surface area contributed by atoms with Gasteiger partial charge in [-0.25, -0.2) is 9.59 Å². The first-order chi connectivity index (χ1) is 13.1. The Morgan fingerprint density at radius 1 is 1.04 bits per heavy atom. The van der Waals surface area contributed by atoms with Crippen molar-refractivity contribution in [1.82, 2.24) is 10.6 Å². The average molecular weight is 392 g/mol. The fraction of sp³-hybridized carbons (Fsp3) is 0.278. The van der Waals surface area contributed by atoms with Crippen LogP contribution < -0.4 is 20.1 Å². The normalized spacial score (nSPS) is 9.96. The van der Waals surface area contributed by atoms with E-state index in [2.05, 4.69) is 10.6 Å². The zero-order valence-electron chi connectivity index (χ0n) is 14.7. The number of amides is 3. The lowest BCUT2D eigenvalue weighted by molar-refractivity contribution is -0.150. The molecular weight excluding hydrogens is 372 g/mol. The van der Waals surface area contributed by atoms with Gasteiger partial charge in [-0.1, -0.05) is 18.2 Å². The van der Waals surface area contributed by atoms with Gasteiger partial charge in [0.25, 0.3) is 5.91 Å². The van der Waals surface area contributed by atoms with E-state index in [1.807, 2.05) is 17.5 Å². The molecule has 9 heteroatoms. The molecule has 0 aliphatic heterocycles. The predicted molar refractivity (Wildman–Crippen MR) is 99.0 cm³/mol. The highest BCUT2D eigenvalue weighted by molar-refractivity contribution is 7.09. The Kier molecular flexibility index (Phi) is 8.11. The van der Waals surface area contributed by atoms with E-state index in [9.17, 15) is 14.4 Å². The van der Waals surface area contributed by atoms with Crippen LogP contribution in [0, 0.1) is 0 Å². The van der Waals surface area contributed by atoms with Crippen molar-refractivity contribution in [1.29, 1.82) is 0 Å². The topological polar surface area (TPSA) is 103 Å². The summed E-state index contributed by atoms with van der Waals surface area (Å²) in [4.78, 5) is 36.0. The van der Waals surface area contributed by atoms with Gasteiger partial charge in [-0.05, 0) is 30.0 Å². The summed E-state index contributed by atoms with van der Waals surface area (Å²) in [5.41, 5.74) is 0. The second-order valence-electron chi connectivity index (χ2n) is 5.23. The van der Waals surface area contributed by atoms with E-state index < -0.39 is 24.5 Å². The molecule has 144 valence electrons. The van der Waals surface area contributed by atoms with E-state index in [1.165, 1.54) is 7.11 Å². The molecule has 0 fully saturated rings. The maximum atomic E-state index is 11.6. The number of benzene rings is 1. The Labute approximate surface area is 160 Å². The standard InChI is InChI=1S/C18H20N2O6S/c1-24-14-6-2-3-7-15(14)25-12-17(22)26-11-16(21)20-18(23)19-9-8-13-5-4-10-27-13/h2-7,10H,8-9,11-12H2,1H3,(H2,19,20,21,23). The maximum absolute atomic E-state index is 11.6. The van der Waals surface area contributed by atoms with Gasteiger partial charge in [0.1, 0.15) is 0 Å². The summed E-state index contributed by atoms with van der Waals surface area (Å²) < 4.78 is 15.1. The minimum absolute atomic E-state index is 0.381. The van der Waals surface area contributed by atoms with Gasteiger partial charge in [-0.2, -0.15) is 0 Å². The number of methoxy groups -OCH3 is 1. The van der Waals surface area contributed by atoms with Crippen molar-refractivity contribution in [2.24, 2.45) is 0 Å². The molecule has 0 aliphatic rings. The van der Waals surface area contributed by atoms with E-state index in [0.717, 1.165) is 4.88 Å². The van der Waals surface area contributed by atoms with Gasteiger partial charge in [0.15, 0.2) is 24.7 Å². The van der Waals surface area contributed by atoms with Gasteiger partial charge >= 0.3 is 12.0 Å². The molecule has 2 rings (SSSR count). The number of hydrogen-bond donors (Lipinski definition) is 2. The number of urea groups is 1. The lowest BCUT2D eigenvalue weighted by Gasteiger charge is -2.10. The lowest BCUT2D eigenvalue weighted by atomic mass is 10.3. The first kappa shape index (κ1) is 20.2. The van der Waals surface area contributed by atoms with E-state index in [-0.39, 0.29) is 6.61 Å². The molecule has 8 nitrogen and oxygen atoms in total. The number of carbonyl (C=O) groups excluding carboxylic acids is 3. The Hall–Kier alpha value is -3.07. The summed E-state index contributed by atoms with van der Waals surface area (Å²) in [6.07, 6.45) is 0.675. The Balaban J connectivity index is 1.61. The number of imide groups is 1. The number of rotatable bonds is 9. The van der Waals surface area contributed by atoms with Crippen molar-refractivity contribution >= 4 is 29.2 Å². The van der Waals surface area contributed by atoms with E-state index in [4.69, 9.17) is 14.2 Å².